The maximum absolute atomic E-state index is 2.41. The van der Waals surface area contributed by atoms with E-state index in [1.165, 1.54) is 25.8 Å². The number of hydrogen-bond acceptors (Lipinski definition) is 0. The van der Waals surface area contributed by atoms with Crippen molar-refractivity contribution in [3.05, 3.63) is 57.2 Å². The van der Waals surface area contributed by atoms with Crippen LogP contribution in [0.4, 0.5) is 0 Å². The third kappa shape index (κ3) is 2.46. The molecule has 2 aromatic carbocycles. The average Bonchev–Trinajstić information content (AvgIpc) is 2.29. The molecule has 0 aliphatic heterocycles. The van der Waals surface area contributed by atoms with Crippen molar-refractivity contribution in [2.45, 2.75) is 20.3 Å². The van der Waals surface area contributed by atoms with E-state index in [1.807, 2.05) is 0 Å². The topological polar surface area (TPSA) is 0 Å². The van der Waals surface area contributed by atoms with Gasteiger partial charge in [0.2, 0.25) is 0 Å². The Morgan fingerprint density at radius 2 is 1.69 bits per heavy atom. The second kappa shape index (κ2) is 5.00. The second-order valence-corrected chi connectivity index (χ2v) is 5.20. The highest BCUT2D eigenvalue weighted by Crippen LogP contribution is 2.26. The molecule has 0 nitrogen and oxygen atoms in total. The van der Waals surface area contributed by atoms with Gasteiger partial charge in [-0.3, -0.25) is 0 Å². The molecule has 0 amide bonds. The van der Waals surface area contributed by atoms with Crippen LogP contribution in [0.2, 0.25) is 0 Å². The van der Waals surface area contributed by atoms with Gasteiger partial charge in [-0.25, -0.2) is 0 Å². The van der Waals surface area contributed by atoms with Gasteiger partial charge < -0.3 is 0 Å². The van der Waals surface area contributed by atoms with Gasteiger partial charge in [0.25, 0.3) is 0 Å². The average molecular weight is 322 g/mol. The minimum Gasteiger partial charge on any atom is -0.0613 e. The van der Waals surface area contributed by atoms with E-state index in [9.17, 15) is 0 Å². The van der Waals surface area contributed by atoms with Crippen molar-refractivity contribution in [3.8, 4) is 11.1 Å². The van der Waals surface area contributed by atoms with E-state index in [2.05, 4.69) is 78.9 Å². The summed E-state index contributed by atoms with van der Waals surface area (Å²) in [5, 5.41) is 0. The van der Waals surface area contributed by atoms with Crippen LogP contribution in [-0.4, -0.2) is 0 Å². The smallest absolute Gasteiger partial charge is 0.0211 e. The van der Waals surface area contributed by atoms with Crippen molar-refractivity contribution >= 4 is 22.6 Å². The molecule has 2 rings (SSSR count). The van der Waals surface area contributed by atoms with Crippen LogP contribution in [0, 0.1) is 10.5 Å². The summed E-state index contributed by atoms with van der Waals surface area (Å²) < 4.78 is 1.32. The number of hydrogen-bond donors (Lipinski definition) is 0. The second-order valence-electron chi connectivity index (χ2n) is 4.03. The van der Waals surface area contributed by atoms with Crippen LogP contribution in [0.1, 0.15) is 18.1 Å². The van der Waals surface area contributed by atoms with Crippen LogP contribution in [0.5, 0.6) is 0 Å². The van der Waals surface area contributed by atoms with Gasteiger partial charge in [0, 0.05) is 3.57 Å². The fourth-order valence-electron chi connectivity index (χ4n) is 1.77. The Kier molecular flexibility index (Phi) is 3.64. The predicted molar refractivity (Wildman–Crippen MR) is 78.7 cm³/mol. The van der Waals surface area contributed by atoms with E-state index in [-0.39, 0.29) is 0 Å². The van der Waals surface area contributed by atoms with E-state index in [0.29, 0.717) is 0 Å². The zero-order chi connectivity index (χ0) is 11.5. The van der Waals surface area contributed by atoms with Gasteiger partial charge in [-0.15, -0.1) is 0 Å². The van der Waals surface area contributed by atoms with Gasteiger partial charge >= 0.3 is 0 Å². The number of aryl methyl sites for hydroxylation is 2. The summed E-state index contributed by atoms with van der Waals surface area (Å²) in [6.07, 6.45) is 1.10. The van der Waals surface area contributed by atoms with Gasteiger partial charge in [0.05, 0.1) is 0 Å². The summed E-state index contributed by atoms with van der Waals surface area (Å²) in [5.74, 6) is 0. The van der Waals surface area contributed by atoms with E-state index in [1.54, 1.807) is 0 Å². The highest BCUT2D eigenvalue weighted by molar-refractivity contribution is 14.1. The van der Waals surface area contributed by atoms with Crippen LogP contribution < -0.4 is 0 Å². The Labute approximate surface area is 111 Å². The third-order valence-electron chi connectivity index (χ3n) is 2.80. The van der Waals surface area contributed by atoms with Crippen LogP contribution in [0.15, 0.2) is 42.5 Å². The van der Waals surface area contributed by atoms with Crippen molar-refractivity contribution in [1.29, 1.82) is 0 Å². The molecule has 0 spiro atoms. The third-order valence-corrected chi connectivity index (χ3v) is 3.69. The molecule has 1 heteroatoms. The molecule has 0 saturated carbocycles. The van der Waals surface area contributed by atoms with E-state index >= 15 is 0 Å². The first-order valence-corrected chi connectivity index (χ1v) is 6.64. The molecule has 0 heterocycles. The first-order valence-electron chi connectivity index (χ1n) is 5.56. The monoisotopic (exact) mass is 322 g/mol. The fourth-order valence-corrected chi connectivity index (χ4v) is 2.76. The highest BCUT2D eigenvalue weighted by Gasteiger charge is 2.02. The van der Waals surface area contributed by atoms with E-state index in [0.717, 1.165) is 6.42 Å². The van der Waals surface area contributed by atoms with Gasteiger partial charge in [-0.1, -0.05) is 48.9 Å². The molecule has 0 unspecified atom stereocenters. The normalized spacial score (nSPS) is 10.4. The number of halogens is 1. The lowest BCUT2D eigenvalue weighted by Crippen LogP contribution is -1.85. The molecule has 0 bridgehead atoms. The summed E-state index contributed by atoms with van der Waals surface area (Å²) in [6.45, 7) is 4.32. The van der Waals surface area contributed by atoms with Crippen LogP contribution >= 0.6 is 22.6 Å². The summed E-state index contributed by atoms with van der Waals surface area (Å²) in [4.78, 5) is 0. The minimum atomic E-state index is 1.10. The lowest BCUT2D eigenvalue weighted by molar-refractivity contribution is 1.14. The van der Waals surface area contributed by atoms with Crippen molar-refractivity contribution in [2.75, 3.05) is 0 Å². The highest BCUT2D eigenvalue weighted by atomic mass is 127. The molecular weight excluding hydrogens is 307 g/mol. The number of benzene rings is 2. The van der Waals surface area contributed by atoms with Gasteiger partial charge in [-0.05, 0) is 58.7 Å². The van der Waals surface area contributed by atoms with E-state index in [4.69, 9.17) is 0 Å². The fraction of sp³-hybridized carbons (Fsp3) is 0.200. The Bertz CT molecular complexity index is 483. The summed E-state index contributed by atoms with van der Waals surface area (Å²) in [7, 11) is 0. The lowest BCUT2D eigenvalue weighted by atomic mass is 10.0. The summed E-state index contributed by atoms with van der Waals surface area (Å²) in [6, 6.07) is 15.5. The van der Waals surface area contributed by atoms with Gasteiger partial charge in [0.1, 0.15) is 0 Å². The zero-order valence-corrected chi connectivity index (χ0v) is 11.8. The molecular formula is C15H15I. The molecule has 2 aromatic rings. The first-order chi connectivity index (χ1) is 7.70. The molecule has 0 fully saturated rings. The molecule has 0 saturated heterocycles. The molecule has 0 atom stereocenters. The van der Waals surface area contributed by atoms with Gasteiger partial charge in [-0.2, -0.15) is 0 Å². The molecule has 82 valence electrons. The zero-order valence-electron chi connectivity index (χ0n) is 9.63. The lowest BCUT2D eigenvalue weighted by Gasteiger charge is -2.06. The standard InChI is InChI=1S/C15H15I/c1-3-12-5-7-13(8-6-12)14-9-4-11(2)10-15(14)16/h4-10H,3H2,1-2H3. The van der Waals surface area contributed by atoms with Crippen LogP contribution in [-0.2, 0) is 6.42 Å². The molecule has 0 radical (unpaired) electrons. The maximum atomic E-state index is 2.41. The quantitative estimate of drug-likeness (QED) is 0.695. The van der Waals surface area contributed by atoms with Crippen molar-refractivity contribution in [2.24, 2.45) is 0 Å². The summed E-state index contributed by atoms with van der Waals surface area (Å²) >= 11 is 2.41. The molecule has 0 N–H and O–H groups in total. The van der Waals surface area contributed by atoms with E-state index < -0.39 is 0 Å². The SMILES string of the molecule is CCc1ccc(-c2ccc(C)cc2I)cc1. The molecule has 16 heavy (non-hydrogen) atoms. The molecule has 0 aromatic heterocycles. The number of rotatable bonds is 2. The Morgan fingerprint density at radius 1 is 1.00 bits per heavy atom. The predicted octanol–water partition coefficient (Wildman–Crippen LogP) is 4.83. The molecule has 0 aliphatic carbocycles. The molecule has 0 aliphatic rings. The van der Waals surface area contributed by atoms with Crippen molar-refractivity contribution in [3.63, 3.8) is 0 Å². The van der Waals surface area contributed by atoms with Crippen LogP contribution in [0.3, 0.4) is 0 Å². The Hall–Kier alpha value is -0.830. The van der Waals surface area contributed by atoms with Crippen LogP contribution in [0.25, 0.3) is 11.1 Å². The van der Waals surface area contributed by atoms with Crippen molar-refractivity contribution < 1.29 is 0 Å². The maximum Gasteiger partial charge on any atom is 0.0211 e. The van der Waals surface area contributed by atoms with Gasteiger partial charge in [0.15, 0.2) is 0 Å². The Balaban J connectivity index is 2.42. The minimum absolute atomic E-state index is 1.10. The summed E-state index contributed by atoms with van der Waals surface area (Å²) in [5.41, 5.74) is 5.35. The first kappa shape index (κ1) is 11.6. The Morgan fingerprint density at radius 3 is 2.25 bits per heavy atom. The largest absolute Gasteiger partial charge is 0.0613 e. The van der Waals surface area contributed by atoms with Crippen molar-refractivity contribution in [1.82, 2.24) is 0 Å².